The van der Waals surface area contributed by atoms with E-state index >= 15 is 0 Å². The highest BCUT2D eigenvalue weighted by atomic mass is 19.4. The molecule has 26 heavy (non-hydrogen) atoms. The number of hydrogen-bond acceptors (Lipinski definition) is 4. The number of carbonyl (C=O) groups excluding carboxylic acids is 2. The Hall–Kier alpha value is -2.97. The minimum atomic E-state index is -4.57. The topological polar surface area (TPSA) is 83.2 Å². The summed E-state index contributed by atoms with van der Waals surface area (Å²) in [6, 6.07) is 4.75. The maximum absolute atomic E-state index is 13.0. The maximum atomic E-state index is 13.0. The fraction of sp³-hybridized carbons (Fsp3) is 0.294. The number of anilines is 1. The van der Waals surface area contributed by atoms with Gasteiger partial charge in [-0.1, -0.05) is 12.1 Å². The lowest BCUT2D eigenvalue weighted by Gasteiger charge is -2.14. The number of benzene rings is 1. The molecule has 6 nitrogen and oxygen atoms in total. The van der Waals surface area contributed by atoms with E-state index in [4.69, 9.17) is 4.74 Å². The molecule has 1 heterocycles. The van der Waals surface area contributed by atoms with Crippen LogP contribution in [-0.2, 0) is 10.9 Å². The Morgan fingerprint density at radius 3 is 2.46 bits per heavy atom. The van der Waals surface area contributed by atoms with Gasteiger partial charge >= 0.3 is 12.1 Å². The second-order valence-corrected chi connectivity index (χ2v) is 5.47. The van der Waals surface area contributed by atoms with Gasteiger partial charge in [0, 0.05) is 5.69 Å². The van der Waals surface area contributed by atoms with E-state index in [0.717, 1.165) is 6.07 Å². The van der Waals surface area contributed by atoms with Crippen molar-refractivity contribution in [1.82, 2.24) is 10.4 Å². The summed E-state index contributed by atoms with van der Waals surface area (Å²) in [5, 5.41) is 0. The largest absolute Gasteiger partial charge is 0.462 e. The van der Waals surface area contributed by atoms with Crippen molar-refractivity contribution in [3.8, 4) is 0 Å². The van der Waals surface area contributed by atoms with Crippen LogP contribution >= 0.6 is 0 Å². The number of amides is 1. The number of hydrazine groups is 1. The van der Waals surface area contributed by atoms with E-state index in [1.807, 2.05) is 0 Å². The number of aromatic nitrogens is 1. The van der Waals surface area contributed by atoms with E-state index in [2.05, 4.69) is 15.8 Å². The molecule has 1 aromatic heterocycles. The zero-order chi connectivity index (χ0) is 19.5. The van der Waals surface area contributed by atoms with Crippen molar-refractivity contribution in [2.24, 2.45) is 0 Å². The van der Waals surface area contributed by atoms with E-state index in [1.165, 1.54) is 18.2 Å². The molecule has 9 heteroatoms. The molecule has 0 aliphatic rings. The van der Waals surface area contributed by atoms with Gasteiger partial charge in [0.1, 0.15) is 5.69 Å². The average molecular weight is 369 g/mol. The van der Waals surface area contributed by atoms with Crippen LogP contribution in [0.5, 0.6) is 0 Å². The van der Waals surface area contributed by atoms with Crippen LogP contribution in [0.25, 0.3) is 0 Å². The third-order valence-corrected chi connectivity index (χ3v) is 3.69. The molecule has 0 aliphatic heterocycles. The highest BCUT2D eigenvalue weighted by Gasteiger charge is 2.33. The number of carbonyl (C=O) groups is 2. The number of ether oxygens (including phenoxy) is 1. The van der Waals surface area contributed by atoms with Gasteiger partial charge in [-0.3, -0.25) is 15.6 Å². The lowest BCUT2D eigenvalue weighted by Crippen LogP contribution is -2.31. The lowest BCUT2D eigenvalue weighted by atomic mass is 10.1. The first-order valence-electron chi connectivity index (χ1n) is 7.75. The van der Waals surface area contributed by atoms with Gasteiger partial charge in [0.2, 0.25) is 0 Å². The maximum Gasteiger partial charge on any atom is 0.418 e. The molecule has 0 unspecified atom stereocenters. The summed E-state index contributed by atoms with van der Waals surface area (Å²) in [6.07, 6.45) is -4.57. The number of esters is 1. The molecule has 1 amide bonds. The Labute approximate surface area is 147 Å². The average Bonchev–Trinajstić information content (AvgIpc) is 2.87. The van der Waals surface area contributed by atoms with Crippen molar-refractivity contribution in [2.75, 3.05) is 12.0 Å². The van der Waals surface area contributed by atoms with Gasteiger partial charge in [0.25, 0.3) is 5.91 Å². The van der Waals surface area contributed by atoms with Crippen LogP contribution in [0.15, 0.2) is 24.3 Å². The van der Waals surface area contributed by atoms with E-state index in [-0.39, 0.29) is 23.6 Å². The number of para-hydroxylation sites is 1. The van der Waals surface area contributed by atoms with Crippen LogP contribution in [0.4, 0.5) is 18.9 Å². The quantitative estimate of drug-likeness (QED) is 0.556. The van der Waals surface area contributed by atoms with Crippen LogP contribution in [0.2, 0.25) is 0 Å². The van der Waals surface area contributed by atoms with Crippen LogP contribution in [0.1, 0.15) is 44.6 Å². The van der Waals surface area contributed by atoms with Gasteiger partial charge in [-0.05, 0) is 38.5 Å². The molecule has 0 fully saturated rings. The molecule has 0 saturated heterocycles. The number of alkyl halides is 3. The summed E-state index contributed by atoms with van der Waals surface area (Å²) in [6.45, 7) is 4.99. The lowest BCUT2D eigenvalue weighted by molar-refractivity contribution is -0.137. The van der Waals surface area contributed by atoms with Crippen molar-refractivity contribution < 1.29 is 27.5 Å². The summed E-state index contributed by atoms with van der Waals surface area (Å²) < 4.78 is 43.8. The fourth-order valence-electron chi connectivity index (χ4n) is 2.51. The summed E-state index contributed by atoms with van der Waals surface area (Å²) in [5.41, 5.74) is 4.35. The molecular weight excluding hydrogens is 351 g/mol. The van der Waals surface area contributed by atoms with Gasteiger partial charge in [-0.25, -0.2) is 4.79 Å². The van der Waals surface area contributed by atoms with Crippen LogP contribution in [0.3, 0.4) is 0 Å². The highest BCUT2D eigenvalue weighted by molar-refractivity contribution is 6.00. The summed E-state index contributed by atoms with van der Waals surface area (Å²) in [4.78, 5) is 27.0. The molecule has 2 rings (SSSR count). The predicted molar refractivity (Wildman–Crippen MR) is 88.8 cm³/mol. The molecule has 0 atom stereocenters. The Kier molecular flexibility index (Phi) is 5.59. The summed E-state index contributed by atoms with van der Waals surface area (Å²) in [7, 11) is 0. The molecule has 0 spiro atoms. The summed E-state index contributed by atoms with van der Waals surface area (Å²) in [5.74, 6) is -1.29. The van der Waals surface area contributed by atoms with Crippen LogP contribution in [-0.4, -0.2) is 23.5 Å². The van der Waals surface area contributed by atoms with Crippen LogP contribution < -0.4 is 10.9 Å². The number of nitrogens with one attached hydrogen (secondary N) is 3. The molecule has 0 saturated carbocycles. The second kappa shape index (κ2) is 7.51. The molecule has 3 N–H and O–H groups in total. The van der Waals surface area contributed by atoms with Crippen molar-refractivity contribution >= 4 is 17.6 Å². The number of H-pyrrole nitrogens is 1. The molecule has 0 aliphatic carbocycles. The third kappa shape index (κ3) is 3.98. The number of rotatable bonds is 5. The zero-order valence-corrected chi connectivity index (χ0v) is 14.4. The number of hydrogen-bond donors (Lipinski definition) is 3. The van der Waals surface area contributed by atoms with E-state index in [1.54, 1.807) is 20.8 Å². The monoisotopic (exact) mass is 369 g/mol. The normalized spacial score (nSPS) is 11.2. The van der Waals surface area contributed by atoms with E-state index in [0.29, 0.717) is 11.3 Å². The number of aromatic amines is 1. The van der Waals surface area contributed by atoms with Gasteiger partial charge in [0.05, 0.1) is 23.4 Å². The Morgan fingerprint density at radius 1 is 1.19 bits per heavy atom. The fourth-order valence-corrected chi connectivity index (χ4v) is 2.51. The second-order valence-electron chi connectivity index (χ2n) is 5.47. The zero-order valence-electron chi connectivity index (χ0n) is 14.4. The first kappa shape index (κ1) is 19.4. The first-order chi connectivity index (χ1) is 12.2. The Balaban J connectivity index is 2.20. The van der Waals surface area contributed by atoms with Crippen molar-refractivity contribution in [3.05, 3.63) is 52.3 Å². The van der Waals surface area contributed by atoms with Crippen molar-refractivity contribution in [2.45, 2.75) is 26.9 Å². The standard InChI is InChI=1S/C17H18F3N3O3/c1-4-26-16(25)13-9(2)14(21-10(13)3)15(24)23-22-12-8-6-5-7-11(12)17(18,19)20/h5-8,21-22H,4H2,1-3H3,(H,23,24). The Morgan fingerprint density at radius 2 is 1.85 bits per heavy atom. The first-order valence-corrected chi connectivity index (χ1v) is 7.75. The van der Waals surface area contributed by atoms with Crippen LogP contribution in [0, 0.1) is 13.8 Å². The highest BCUT2D eigenvalue weighted by Crippen LogP contribution is 2.34. The van der Waals surface area contributed by atoms with Crippen molar-refractivity contribution in [1.29, 1.82) is 0 Å². The molecule has 0 bridgehead atoms. The summed E-state index contributed by atoms with van der Waals surface area (Å²) >= 11 is 0. The molecule has 2 aromatic rings. The third-order valence-electron chi connectivity index (χ3n) is 3.69. The minimum absolute atomic E-state index is 0.0579. The molecular formula is C17H18F3N3O3. The van der Waals surface area contributed by atoms with E-state index < -0.39 is 23.6 Å². The van der Waals surface area contributed by atoms with Gasteiger partial charge in [0.15, 0.2) is 0 Å². The SMILES string of the molecule is CCOC(=O)c1c(C)[nH]c(C(=O)NNc2ccccc2C(F)(F)F)c1C. The van der Waals surface area contributed by atoms with Crippen molar-refractivity contribution in [3.63, 3.8) is 0 Å². The molecule has 0 radical (unpaired) electrons. The van der Waals surface area contributed by atoms with Gasteiger partial charge in [-0.15, -0.1) is 0 Å². The number of aryl methyl sites for hydroxylation is 1. The van der Waals surface area contributed by atoms with Gasteiger partial charge < -0.3 is 9.72 Å². The number of halogens is 3. The molecule has 140 valence electrons. The Bertz CT molecular complexity index is 828. The van der Waals surface area contributed by atoms with Gasteiger partial charge in [-0.2, -0.15) is 13.2 Å². The molecule has 1 aromatic carbocycles. The minimum Gasteiger partial charge on any atom is -0.462 e. The predicted octanol–water partition coefficient (Wildman–Crippen LogP) is 3.58. The van der Waals surface area contributed by atoms with E-state index in [9.17, 15) is 22.8 Å². The smallest absolute Gasteiger partial charge is 0.418 e.